The molecule has 0 saturated carbocycles. The lowest BCUT2D eigenvalue weighted by Crippen LogP contribution is -2.25. The highest BCUT2D eigenvalue weighted by Crippen LogP contribution is 2.11. The predicted molar refractivity (Wildman–Crippen MR) is 66.4 cm³/mol. The van der Waals surface area contributed by atoms with Crippen molar-refractivity contribution in [2.45, 2.75) is 26.7 Å². The van der Waals surface area contributed by atoms with Crippen LogP contribution in [-0.2, 0) is 0 Å². The van der Waals surface area contributed by atoms with E-state index in [2.05, 4.69) is 28.9 Å². The Morgan fingerprint density at radius 3 is 2.44 bits per heavy atom. The summed E-state index contributed by atoms with van der Waals surface area (Å²) in [6.45, 7) is 6.37. The number of pyridine rings is 1. The Balaban J connectivity index is 2.76. The van der Waals surface area contributed by atoms with E-state index < -0.39 is 0 Å². The molecule has 16 heavy (non-hydrogen) atoms. The summed E-state index contributed by atoms with van der Waals surface area (Å²) in [5, 5.41) is 11.4. The van der Waals surface area contributed by atoms with Crippen LogP contribution in [-0.4, -0.2) is 29.5 Å². The van der Waals surface area contributed by atoms with Crippen molar-refractivity contribution in [3.63, 3.8) is 0 Å². The van der Waals surface area contributed by atoms with Gasteiger partial charge in [0.1, 0.15) is 5.82 Å². The second-order valence-electron chi connectivity index (χ2n) is 3.68. The first kappa shape index (κ1) is 12.5. The molecular weight excluding hydrogens is 202 g/mol. The highest BCUT2D eigenvalue weighted by molar-refractivity contribution is 5.78. The Hall–Kier alpha value is -1.58. The quantitative estimate of drug-likeness (QED) is 0.456. The molecule has 0 aromatic carbocycles. The van der Waals surface area contributed by atoms with Gasteiger partial charge in [-0.25, -0.2) is 4.98 Å². The smallest absolute Gasteiger partial charge is 0.128 e. The Morgan fingerprint density at radius 2 is 2.00 bits per heavy atom. The Kier molecular flexibility index (Phi) is 5.32. The first-order valence-electron chi connectivity index (χ1n) is 5.70. The molecule has 0 bridgehead atoms. The van der Waals surface area contributed by atoms with Gasteiger partial charge < -0.3 is 10.1 Å². The third-order valence-corrected chi connectivity index (χ3v) is 2.29. The van der Waals surface area contributed by atoms with E-state index in [1.807, 2.05) is 12.1 Å². The van der Waals surface area contributed by atoms with Crippen molar-refractivity contribution in [2.75, 3.05) is 18.0 Å². The van der Waals surface area contributed by atoms with E-state index in [0.717, 1.165) is 37.3 Å². The van der Waals surface area contributed by atoms with E-state index in [0.29, 0.717) is 0 Å². The monoisotopic (exact) mass is 221 g/mol. The molecule has 1 aromatic rings. The molecule has 4 nitrogen and oxygen atoms in total. The Bertz CT molecular complexity index is 316. The molecule has 0 amide bonds. The lowest BCUT2D eigenvalue weighted by molar-refractivity contribution is 0.322. The standard InChI is InChI=1S/C12H19N3O/c1-3-7-15(8-4-2)12-6-5-11(9-13-12)10-14-16/h5-6,9-10,16H,3-4,7-8H2,1-2H3/b14-10-. The van der Waals surface area contributed by atoms with Crippen molar-refractivity contribution in [3.8, 4) is 0 Å². The average Bonchev–Trinajstić information content (AvgIpc) is 2.30. The van der Waals surface area contributed by atoms with Gasteiger partial charge in [-0.1, -0.05) is 19.0 Å². The van der Waals surface area contributed by atoms with Crippen LogP contribution in [0.4, 0.5) is 5.82 Å². The molecule has 0 radical (unpaired) electrons. The summed E-state index contributed by atoms with van der Waals surface area (Å²) in [4.78, 5) is 6.62. The van der Waals surface area contributed by atoms with E-state index in [1.54, 1.807) is 6.20 Å². The zero-order valence-corrected chi connectivity index (χ0v) is 9.93. The van der Waals surface area contributed by atoms with Gasteiger partial charge in [0, 0.05) is 24.8 Å². The lowest BCUT2D eigenvalue weighted by Gasteiger charge is -2.22. The molecule has 0 aliphatic heterocycles. The fourth-order valence-corrected chi connectivity index (χ4v) is 1.61. The van der Waals surface area contributed by atoms with Gasteiger partial charge in [-0.05, 0) is 25.0 Å². The van der Waals surface area contributed by atoms with Crippen LogP contribution in [0.1, 0.15) is 32.3 Å². The van der Waals surface area contributed by atoms with Crippen LogP contribution in [0.15, 0.2) is 23.5 Å². The summed E-state index contributed by atoms with van der Waals surface area (Å²) in [6, 6.07) is 3.86. The number of hydrogen-bond donors (Lipinski definition) is 1. The zero-order chi connectivity index (χ0) is 11.8. The average molecular weight is 221 g/mol. The normalized spacial score (nSPS) is 10.9. The Labute approximate surface area is 96.6 Å². The largest absolute Gasteiger partial charge is 0.411 e. The third kappa shape index (κ3) is 3.53. The number of nitrogens with zero attached hydrogens (tertiary/aromatic N) is 3. The fraction of sp³-hybridized carbons (Fsp3) is 0.500. The van der Waals surface area contributed by atoms with E-state index in [-0.39, 0.29) is 0 Å². The molecule has 1 heterocycles. The van der Waals surface area contributed by atoms with Crippen molar-refractivity contribution in [1.29, 1.82) is 0 Å². The maximum atomic E-state index is 8.40. The minimum Gasteiger partial charge on any atom is -0.411 e. The van der Waals surface area contributed by atoms with Crippen LogP contribution < -0.4 is 4.90 Å². The first-order valence-corrected chi connectivity index (χ1v) is 5.70. The molecule has 0 spiro atoms. The zero-order valence-electron chi connectivity index (χ0n) is 9.93. The second kappa shape index (κ2) is 6.82. The molecule has 4 heteroatoms. The van der Waals surface area contributed by atoms with Crippen molar-refractivity contribution in [1.82, 2.24) is 4.98 Å². The second-order valence-corrected chi connectivity index (χ2v) is 3.68. The molecule has 1 aromatic heterocycles. The van der Waals surface area contributed by atoms with Gasteiger partial charge in [-0.15, -0.1) is 0 Å². The fourth-order valence-electron chi connectivity index (χ4n) is 1.61. The molecular formula is C12H19N3O. The number of hydrogen-bond acceptors (Lipinski definition) is 4. The predicted octanol–water partition coefficient (Wildman–Crippen LogP) is 2.52. The summed E-state index contributed by atoms with van der Waals surface area (Å²) < 4.78 is 0. The van der Waals surface area contributed by atoms with E-state index in [1.165, 1.54) is 6.21 Å². The maximum Gasteiger partial charge on any atom is 0.128 e. The van der Waals surface area contributed by atoms with Gasteiger partial charge in [0.25, 0.3) is 0 Å². The van der Waals surface area contributed by atoms with Crippen LogP contribution in [0.2, 0.25) is 0 Å². The van der Waals surface area contributed by atoms with Crippen LogP contribution in [0.3, 0.4) is 0 Å². The van der Waals surface area contributed by atoms with Crippen LogP contribution in [0.5, 0.6) is 0 Å². The van der Waals surface area contributed by atoms with Crippen molar-refractivity contribution in [2.24, 2.45) is 5.16 Å². The van der Waals surface area contributed by atoms with Gasteiger partial charge in [0.15, 0.2) is 0 Å². The molecule has 1 rings (SSSR count). The Morgan fingerprint density at radius 1 is 1.31 bits per heavy atom. The molecule has 0 aliphatic rings. The third-order valence-electron chi connectivity index (χ3n) is 2.29. The molecule has 0 fully saturated rings. The van der Waals surface area contributed by atoms with Crippen molar-refractivity contribution in [3.05, 3.63) is 23.9 Å². The van der Waals surface area contributed by atoms with Gasteiger partial charge in [0.05, 0.1) is 6.21 Å². The molecule has 0 saturated heterocycles. The highest BCUT2D eigenvalue weighted by Gasteiger charge is 2.04. The molecule has 1 N–H and O–H groups in total. The molecule has 88 valence electrons. The minimum atomic E-state index is 0.805. The van der Waals surface area contributed by atoms with E-state index in [4.69, 9.17) is 5.21 Å². The van der Waals surface area contributed by atoms with Gasteiger partial charge in [0.2, 0.25) is 0 Å². The lowest BCUT2D eigenvalue weighted by atomic mass is 10.3. The highest BCUT2D eigenvalue weighted by atomic mass is 16.4. The van der Waals surface area contributed by atoms with Crippen LogP contribution >= 0.6 is 0 Å². The summed E-state index contributed by atoms with van der Waals surface area (Å²) in [5.74, 6) is 0.985. The topological polar surface area (TPSA) is 48.7 Å². The summed E-state index contributed by atoms with van der Waals surface area (Å²) in [6.07, 6.45) is 5.32. The summed E-state index contributed by atoms with van der Waals surface area (Å²) in [7, 11) is 0. The van der Waals surface area contributed by atoms with Gasteiger partial charge in [-0.3, -0.25) is 0 Å². The van der Waals surface area contributed by atoms with Crippen molar-refractivity contribution < 1.29 is 5.21 Å². The maximum absolute atomic E-state index is 8.40. The number of anilines is 1. The first-order chi connectivity index (χ1) is 7.81. The molecule has 0 atom stereocenters. The van der Waals surface area contributed by atoms with E-state index >= 15 is 0 Å². The summed E-state index contributed by atoms with van der Waals surface area (Å²) >= 11 is 0. The number of oxime groups is 1. The van der Waals surface area contributed by atoms with E-state index in [9.17, 15) is 0 Å². The molecule has 0 aliphatic carbocycles. The SMILES string of the molecule is CCCN(CCC)c1ccc(/C=N\O)cn1. The number of rotatable bonds is 6. The van der Waals surface area contributed by atoms with Crippen molar-refractivity contribution >= 4 is 12.0 Å². The van der Waals surface area contributed by atoms with Crippen LogP contribution in [0, 0.1) is 0 Å². The van der Waals surface area contributed by atoms with Gasteiger partial charge >= 0.3 is 0 Å². The minimum absolute atomic E-state index is 0.805. The summed E-state index contributed by atoms with van der Waals surface area (Å²) in [5.41, 5.74) is 0.805. The van der Waals surface area contributed by atoms with Gasteiger partial charge in [-0.2, -0.15) is 0 Å². The van der Waals surface area contributed by atoms with Crippen LogP contribution in [0.25, 0.3) is 0 Å². The number of aromatic nitrogens is 1. The molecule has 0 unspecified atom stereocenters.